The van der Waals surface area contributed by atoms with Gasteiger partial charge in [-0.2, -0.15) is 0 Å². The zero-order valence-corrected chi connectivity index (χ0v) is 13.0. The van der Waals surface area contributed by atoms with Crippen LogP contribution in [0.4, 0.5) is 0 Å². The first-order chi connectivity index (χ1) is 9.17. The molecule has 0 aromatic carbocycles. The molecule has 1 aliphatic rings. The lowest BCUT2D eigenvalue weighted by molar-refractivity contribution is 0.131. The fourth-order valence-electron chi connectivity index (χ4n) is 2.75. The highest BCUT2D eigenvalue weighted by Gasteiger charge is 2.26. The SMILES string of the molecule is CCCNC(CC)(CO)CCCN(C)C1CCOC1. The first kappa shape index (κ1) is 16.9. The largest absolute Gasteiger partial charge is 0.394 e. The van der Waals surface area contributed by atoms with E-state index < -0.39 is 0 Å². The number of nitrogens with zero attached hydrogens (tertiary/aromatic N) is 1. The number of hydrogen-bond donors (Lipinski definition) is 2. The molecule has 0 amide bonds. The summed E-state index contributed by atoms with van der Waals surface area (Å²) in [6.07, 6.45) is 5.42. The van der Waals surface area contributed by atoms with Crippen LogP contribution in [0.5, 0.6) is 0 Å². The summed E-state index contributed by atoms with van der Waals surface area (Å²) in [7, 11) is 2.19. The van der Waals surface area contributed by atoms with Crippen molar-refractivity contribution in [3.63, 3.8) is 0 Å². The molecule has 2 unspecified atom stereocenters. The Kier molecular flexibility index (Phi) is 7.91. The summed E-state index contributed by atoms with van der Waals surface area (Å²) in [5.41, 5.74) is -0.0803. The van der Waals surface area contributed by atoms with E-state index >= 15 is 0 Å². The van der Waals surface area contributed by atoms with Crippen LogP contribution < -0.4 is 5.32 Å². The Morgan fingerprint density at radius 3 is 2.74 bits per heavy atom. The molecule has 0 aromatic rings. The summed E-state index contributed by atoms with van der Waals surface area (Å²) < 4.78 is 5.43. The monoisotopic (exact) mass is 272 g/mol. The predicted octanol–water partition coefficient (Wildman–Crippen LogP) is 1.63. The summed E-state index contributed by atoms with van der Waals surface area (Å²) in [4.78, 5) is 2.41. The predicted molar refractivity (Wildman–Crippen MR) is 79.5 cm³/mol. The van der Waals surface area contributed by atoms with Crippen LogP contribution in [-0.2, 0) is 4.74 Å². The Morgan fingerprint density at radius 1 is 1.42 bits per heavy atom. The molecule has 0 bridgehead atoms. The van der Waals surface area contributed by atoms with Gasteiger partial charge in [0, 0.05) is 18.2 Å². The number of aliphatic hydroxyl groups is 1. The van der Waals surface area contributed by atoms with E-state index in [0.717, 1.165) is 58.4 Å². The molecule has 1 aliphatic heterocycles. The Balaban J connectivity index is 2.30. The molecule has 4 heteroatoms. The van der Waals surface area contributed by atoms with Crippen LogP contribution in [0.3, 0.4) is 0 Å². The number of likely N-dealkylation sites (N-methyl/N-ethyl adjacent to an activating group) is 1. The quantitative estimate of drug-likeness (QED) is 0.634. The van der Waals surface area contributed by atoms with E-state index in [1.807, 2.05) is 0 Å². The van der Waals surface area contributed by atoms with Crippen molar-refractivity contribution in [3.05, 3.63) is 0 Å². The minimum atomic E-state index is -0.0803. The summed E-state index contributed by atoms with van der Waals surface area (Å²) in [5, 5.41) is 13.2. The van der Waals surface area contributed by atoms with Crippen molar-refractivity contribution in [1.29, 1.82) is 0 Å². The molecule has 0 radical (unpaired) electrons. The van der Waals surface area contributed by atoms with Crippen LogP contribution in [0.1, 0.15) is 46.0 Å². The highest BCUT2D eigenvalue weighted by Crippen LogP contribution is 2.18. The second-order valence-electron chi connectivity index (χ2n) is 5.82. The molecule has 4 nitrogen and oxygen atoms in total. The molecular weight excluding hydrogens is 240 g/mol. The minimum Gasteiger partial charge on any atom is -0.394 e. The fraction of sp³-hybridized carbons (Fsp3) is 1.00. The Bertz CT molecular complexity index is 226. The molecule has 2 N–H and O–H groups in total. The second-order valence-corrected chi connectivity index (χ2v) is 5.82. The van der Waals surface area contributed by atoms with Gasteiger partial charge in [0.15, 0.2) is 0 Å². The van der Waals surface area contributed by atoms with Gasteiger partial charge in [0.05, 0.1) is 13.2 Å². The lowest BCUT2D eigenvalue weighted by Crippen LogP contribution is -2.49. The van der Waals surface area contributed by atoms with E-state index in [1.54, 1.807) is 0 Å². The number of nitrogens with one attached hydrogen (secondary N) is 1. The van der Waals surface area contributed by atoms with Crippen molar-refractivity contribution in [2.45, 2.75) is 57.5 Å². The third-order valence-electron chi connectivity index (χ3n) is 4.42. The molecule has 1 fully saturated rings. The maximum atomic E-state index is 9.68. The number of aliphatic hydroxyl groups excluding tert-OH is 1. The molecule has 2 atom stereocenters. The van der Waals surface area contributed by atoms with Gasteiger partial charge < -0.3 is 20.1 Å². The standard InChI is InChI=1S/C15H32N2O2/c1-4-9-16-15(5-2,13-18)8-6-10-17(3)14-7-11-19-12-14/h14,16,18H,4-13H2,1-3H3. The average Bonchev–Trinajstić information content (AvgIpc) is 2.97. The van der Waals surface area contributed by atoms with Crippen molar-refractivity contribution < 1.29 is 9.84 Å². The number of hydrogen-bond acceptors (Lipinski definition) is 4. The van der Waals surface area contributed by atoms with Crippen molar-refractivity contribution in [2.24, 2.45) is 0 Å². The van der Waals surface area contributed by atoms with Crippen LogP contribution >= 0.6 is 0 Å². The van der Waals surface area contributed by atoms with Crippen molar-refractivity contribution in [2.75, 3.05) is 40.0 Å². The van der Waals surface area contributed by atoms with Gasteiger partial charge in [-0.15, -0.1) is 0 Å². The number of rotatable bonds is 10. The van der Waals surface area contributed by atoms with Crippen LogP contribution in [0.25, 0.3) is 0 Å². The maximum Gasteiger partial charge on any atom is 0.0622 e. The van der Waals surface area contributed by atoms with Crippen LogP contribution in [0.15, 0.2) is 0 Å². The van der Waals surface area contributed by atoms with Gasteiger partial charge >= 0.3 is 0 Å². The smallest absolute Gasteiger partial charge is 0.0622 e. The second kappa shape index (κ2) is 8.90. The molecule has 114 valence electrons. The van der Waals surface area contributed by atoms with E-state index in [1.165, 1.54) is 0 Å². The zero-order chi connectivity index (χ0) is 14.1. The number of ether oxygens (including phenoxy) is 1. The topological polar surface area (TPSA) is 44.7 Å². The molecule has 1 heterocycles. The molecule has 1 rings (SSSR count). The summed E-state index contributed by atoms with van der Waals surface area (Å²) in [6.45, 7) is 8.42. The Labute approximate surface area is 118 Å². The van der Waals surface area contributed by atoms with Gasteiger partial charge in [0.25, 0.3) is 0 Å². The maximum absolute atomic E-state index is 9.68. The summed E-state index contributed by atoms with van der Waals surface area (Å²) in [6, 6.07) is 0.591. The summed E-state index contributed by atoms with van der Waals surface area (Å²) >= 11 is 0. The summed E-state index contributed by atoms with van der Waals surface area (Å²) in [5.74, 6) is 0. The molecule has 0 aromatic heterocycles. The molecular formula is C15H32N2O2. The van der Waals surface area contributed by atoms with Gasteiger partial charge in [-0.1, -0.05) is 13.8 Å². The zero-order valence-electron chi connectivity index (χ0n) is 13.0. The highest BCUT2D eigenvalue weighted by atomic mass is 16.5. The first-order valence-corrected chi connectivity index (χ1v) is 7.81. The highest BCUT2D eigenvalue weighted by molar-refractivity contribution is 4.86. The minimum absolute atomic E-state index is 0.0803. The lowest BCUT2D eigenvalue weighted by Gasteiger charge is -2.33. The molecule has 1 saturated heterocycles. The van der Waals surface area contributed by atoms with Gasteiger partial charge in [-0.3, -0.25) is 0 Å². The third kappa shape index (κ3) is 5.38. The van der Waals surface area contributed by atoms with Crippen LogP contribution in [-0.4, -0.2) is 61.5 Å². The Morgan fingerprint density at radius 2 is 2.21 bits per heavy atom. The molecule has 0 saturated carbocycles. The molecule has 19 heavy (non-hydrogen) atoms. The van der Waals surface area contributed by atoms with Crippen LogP contribution in [0, 0.1) is 0 Å². The van der Waals surface area contributed by atoms with Crippen LogP contribution in [0.2, 0.25) is 0 Å². The Hall–Kier alpha value is -0.160. The van der Waals surface area contributed by atoms with E-state index in [9.17, 15) is 5.11 Å². The first-order valence-electron chi connectivity index (χ1n) is 7.81. The van der Waals surface area contributed by atoms with Gasteiger partial charge in [0.2, 0.25) is 0 Å². The van der Waals surface area contributed by atoms with Gasteiger partial charge in [-0.25, -0.2) is 0 Å². The molecule has 0 aliphatic carbocycles. The van der Waals surface area contributed by atoms with E-state index in [0.29, 0.717) is 6.04 Å². The van der Waals surface area contributed by atoms with Crippen molar-refractivity contribution >= 4 is 0 Å². The molecule has 0 spiro atoms. The average molecular weight is 272 g/mol. The van der Waals surface area contributed by atoms with Gasteiger partial charge in [0.1, 0.15) is 0 Å². The fourth-order valence-corrected chi connectivity index (χ4v) is 2.75. The third-order valence-corrected chi connectivity index (χ3v) is 4.42. The van der Waals surface area contributed by atoms with Crippen molar-refractivity contribution in [3.8, 4) is 0 Å². The normalized spacial score (nSPS) is 22.9. The van der Waals surface area contributed by atoms with E-state index in [4.69, 9.17) is 4.74 Å². The van der Waals surface area contributed by atoms with E-state index in [2.05, 4.69) is 31.1 Å². The lowest BCUT2D eigenvalue weighted by atomic mass is 9.91. The van der Waals surface area contributed by atoms with E-state index in [-0.39, 0.29) is 12.1 Å². The van der Waals surface area contributed by atoms with Gasteiger partial charge in [-0.05, 0) is 52.2 Å². The van der Waals surface area contributed by atoms with Crippen molar-refractivity contribution in [1.82, 2.24) is 10.2 Å².